The molecule has 0 saturated carbocycles. The Kier molecular flexibility index (Phi) is 4.62. The summed E-state index contributed by atoms with van der Waals surface area (Å²) in [6.45, 7) is -2.99. The number of anilines is 1. The number of rotatable bonds is 4. The van der Waals surface area contributed by atoms with E-state index in [2.05, 4.69) is 31.0 Å². The molecule has 0 aliphatic heterocycles. The first kappa shape index (κ1) is 14.4. The summed E-state index contributed by atoms with van der Waals surface area (Å²) >= 11 is 3.22. The van der Waals surface area contributed by atoms with Gasteiger partial charge in [-0.3, -0.25) is 4.79 Å². The first-order valence-electron chi connectivity index (χ1n) is 5.53. The maximum atomic E-state index is 12.3. The Morgan fingerprint density at radius 3 is 2.65 bits per heavy atom. The first-order valence-corrected chi connectivity index (χ1v) is 6.32. The second kappa shape index (κ2) is 6.42. The molecular formula is C13H9BrF2N2O2. The highest BCUT2D eigenvalue weighted by molar-refractivity contribution is 9.10. The van der Waals surface area contributed by atoms with Gasteiger partial charge in [-0.2, -0.15) is 8.78 Å². The fraction of sp³-hybridized carbons (Fsp3) is 0.0769. The van der Waals surface area contributed by atoms with Gasteiger partial charge in [0.2, 0.25) is 0 Å². The summed E-state index contributed by atoms with van der Waals surface area (Å²) in [5, 5.41) is 2.50. The topological polar surface area (TPSA) is 51.2 Å². The minimum atomic E-state index is -2.99. The van der Waals surface area contributed by atoms with Gasteiger partial charge in [0.1, 0.15) is 11.6 Å². The summed E-state index contributed by atoms with van der Waals surface area (Å²) in [6, 6.07) is 9.04. The van der Waals surface area contributed by atoms with Crippen LogP contribution in [0.4, 0.5) is 14.6 Å². The number of nitrogens with zero attached hydrogens (tertiary/aromatic N) is 1. The van der Waals surface area contributed by atoms with Crippen LogP contribution in [0.1, 0.15) is 10.4 Å². The summed E-state index contributed by atoms with van der Waals surface area (Å²) in [7, 11) is 0. The van der Waals surface area contributed by atoms with Crippen molar-refractivity contribution in [3.8, 4) is 5.75 Å². The molecule has 0 unspecified atom stereocenters. The van der Waals surface area contributed by atoms with Gasteiger partial charge in [-0.25, -0.2) is 4.98 Å². The van der Waals surface area contributed by atoms with E-state index in [-0.39, 0.29) is 11.3 Å². The number of carbonyl (C=O) groups is 1. The molecule has 2 rings (SSSR count). The number of benzene rings is 1. The standard InChI is InChI=1S/C13H9BrF2N2O2/c14-8-5-6-11(17-7-8)18-12(19)9-3-1-2-4-10(9)20-13(15)16/h1-7,13H,(H,17,18,19). The number of amides is 1. The van der Waals surface area contributed by atoms with Crippen LogP contribution in [0.25, 0.3) is 0 Å². The number of nitrogens with one attached hydrogen (secondary N) is 1. The number of halogens is 3. The number of aromatic nitrogens is 1. The van der Waals surface area contributed by atoms with Crippen LogP contribution in [-0.2, 0) is 0 Å². The minimum absolute atomic E-state index is 0.0116. The molecule has 1 aromatic heterocycles. The minimum Gasteiger partial charge on any atom is -0.434 e. The SMILES string of the molecule is O=C(Nc1ccc(Br)cn1)c1ccccc1OC(F)F. The third-order valence-corrected chi connectivity index (χ3v) is 2.79. The van der Waals surface area contributed by atoms with Gasteiger partial charge in [0.05, 0.1) is 5.56 Å². The Hall–Kier alpha value is -2.02. The Morgan fingerprint density at radius 1 is 1.25 bits per heavy atom. The second-order valence-electron chi connectivity index (χ2n) is 3.69. The van der Waals surface area contributed by atoms with Gasteiger partial charge < -0.3 is 10.1 Å². The highest BCUT2D eigenvalue weighted by Gasteiger charge is 2.15. The molecule has 1 aromatic carbocycles. The maximum Gasteiger partial charge on any atom is 0.387 e. The van der Waals surface area contributed by atoms with E-state index in [0.29, 0.717) is 5.82 Å². The monoisotopic (exact) mass is 342 g/mol. The molecule has 7 heteroatoms. The Bertz CT molecular complexity index is 606. The maximum absolute atomic E-state index is 12.3. The van der Waals surface area contributed by atoms with E-state index in [1.54, 1.807) is 18.2 Å². The molecule has 0 aliphatic carbocycles. The molecule has 0 aliphatic rings. The van der Waals surface area contributed by atoms with E-state index >= 15 is 0 Å². The zero-order valence-electron chi connectivity index (χ0n) is 10.0. The van der Waals surface area contributed by atoms with Crippen LogP contribution < -0.4 is 10.1 Å². The number of ether oxygens (including phenoxy) is 1. The third kappa shape index (κ3) is 3.74. The van der Waals surface area contributed by atoms with Gasteiger partial charge in [0, 0.05) is 10.7 Å². The molecule has 0 bridgehead atoms. The van der Waals surface area contributed by atoms with Crippen LogP contribution in [-0.4, -0.2) is 17.5 Å². The molecule has 104 valence electrons. The van der Waals surface area contributed by atoms with Gasteiger partial charge in [-0.05, 0) is 40.2 Å². The second-order valence-corrected chi connectivity index (χ2v) is 4.61. The molecule has 4 nitrogen and oxygen atoms in total. The molecule has 0 saturated heterocycles. The molecule has 1 heterocycles. The molecule has 2 aromatic rings. The summed E-state index contributed by atoms with van der Waals surface area (Å²) in [5.41, 5.74) is 0.0116. The van der Waals surface area contributed by atoms with E-state index < -0.39 is 12.5 Å². The summed E-state index contributed by atoms with van der Waals surface area (Å²) < 4.78 is 29.6. The van der Waals surface area contributed by atoms with Crippen molar-refractivity contribution in [3.05, 3.63) is 52.6 Å². The smallest absolute Gasteiger partial charge is 0.387 e. The number of carbonyl (C=O) groups excluding carboxylic acids is 1. The zero-order valence-corrected chi connectivity index (χ0v) is 11.6. The zero-order chi connectivity index (χ0) is 14.5. The average molecular weight is 343 g/mol. The van der Waals surface area contributed by atoms with E-state index in [1.165, 1.54) is 24.4 Å². The largest absolute Gasteiger partial charge is 0.434 e. The molecule has 0 fully saturated rings. The third-order valence-electron chi connectivity index (χ3n) is 2.32. The lowest BCUT2D eigenvalue weighted by Crippen LogP contribution is -2.15. The number of hydrogen-bond acceptors (Lipinski definition) is 3. The molecule has 1 amide bonds. The van der Waals surface area contributed by atoms with E-state index in [4.69, 9.17) is 0 Å². The van der Waals surface area contributed by atoms with Crippen molar-refractivity contribution < 1.29 is 18.3 Å². The molecule has 0 atom stereocenters. The molecule has 0 radical (unpaired) electrons. The van der Waals surface area contributed by atoms with Crippen molar-refractivity contribution in [2.75, 3.05) is 5.32 Å². The van der Waals surface area contributed by atoms with E-state index in [9.17, 15) is 13.6 Å². The highest BCUT2D eigenvalue weighted by atomic mass is 79.9. The lowest BCUT2D eigenvalue weighted by atomic mass is 10.2. The first-order chi connectivity index (χ1) is 9.56. The molecule has 20 heavy (non-hydrogen) atoms. The Morgan fingerprint density at radius 2 is 2.00 bits per heavy atom. The average Bonchev–Trinajstić information content (AvgIpc) is 2.41. The number of pyridine rings is 1. The van der Waals surface area contributed by atoms with Crippen LogP contribution in [0.2, 0.25) is 0 Å². The highest BCUT2D eigenvalue weighted by Crippen LogP contribution is 2.21. The number of hydrogen-bond donors (Lipinski definition) is 1. The van der Waals surface area contributed by atoms with Gasteiger partial charge in [-0.1, -0.05) is 12.1 Å². The Labute approximate surface area is 121 Å². The summed E-state index contributed by atoms with van der Waals surface area (Å²) in [4.78, 5) is 16.0. The normalized spacial score (nSPS) is 10.4. The van der Waals surface area contributed by atoms with Gasteiger partial charge in [-0.15, -0.1) is 0 Å². The van der Waals surface area contributed by atoms with Crippen LogP contribution in [0, 0.1) is 0 Å². The predicted octanol–water partition coefficient (Wildman–Crippen LogP) is 3.70. The quantitative estimate of drug-likeness (QED) is 0.921. The molecule has 0 spiro atoms. The predicted molar refractivity (Wildman–Crippen MR) is 73.0 cm³/mol. The van der Waals surface area contributed by atoms with Crippen molar-refractivity contribution in [2.45, 2.75) is 6.61 Å². The number of alkyl halides is 2. The number of para-hydroxylation sites is 1. The van der Waals surface area contributed by atoms with Crippen molar-refractivity contribution in [3.63, 3.8) is 0 Å². The fourth-order valence-corrected chi connectivity index (χ4v) is 1.72. The lowest BCUT2D eigenvalue weighted by molar-refractivity contribution is -0.0501. The molecule has 1 N–H and O–H groups in total. The molecular weight excluding hydrogens is 334 g/mol. The summed E-state index contributed by atoms with van der Waals surface area (Å²) in [6.07, 6.45) is 1.51. The van der Waals surface area contributed by atoms with Gasteiger partial charge in [0.25, 0.3) is 5.91 Å². The van der Waals surface area contributed by atoms with Crippen LogP contribution >= 0.6 is 15.9 Å². The van der Waals surface area contributed by atoms with Crippen molar-refractivity contribution in [1.82, 2.24) is 4.98 Å². The van der Waals surface area contributed by atoms with Crippen LogP contribution in [0.15, 0.2) is 47.1 Å². The van der Waals surface area contributed by atoms with E-state index in [0.717, 1.165) is 4.47 Å². The van der Waals surface area contributed by atoms with Gasteiger partial charge in [0.15, 0.2) is 0 Å². The lowest BCUT2D eigenvalue weighted by Gasteiger charge is -2.10. The van der Waals surface area contributed by atoms with Crippen molar-refractivity contribution in [2.24, 2.45) is 0 Å². The Balaban J connectivity index is 2.18. The van der Waals surface area contributed by atoms with Crippen molar-refractivity contribution in [1.29, 1.82) is 0 Å². The van der Waals surface area contributed by atoms with Crippen LogP contribution in [0.5, 0.6) is 5.75 Å². The van der Waals surface area contributed by atoms with Crippen molar-refractivity contribution >= 4 is 27.7 Å². The van der Waals surface area contributed by atoms with E-state index in [1.807, 2.05) is 0 Å². The fourth-order valence-electron chi connectivity index (χ4n) is 1.49. The summed E-state index contributed by atoms with van der Waals surface area (Å²) in [5.74, 6) is -0.446. The van der Waals surface area contributed by atoms with Crippen LogP contribution in [0.3, 0.4) is 0 Å². The van der Waals surface area contributed by atoms with Gasteiger partial charge >= 0.3 is 6.61 Å².